The topological polar surface area (TPSA) is 63.2 Å². The molecule has 2 N–H and O–H groups in total. The van der Waals surface area contributed by atoms with Gasteiger partial charge >= 0.3 is 0 Å². The number of amides is 1. The Morgan fingerprint density at radius 1 is 1.34 bits per heavy atom. The number of halogens is 3. The quantitative estimate of drug-likeness (QED) is 0.660. The maximum Gasteiger partial charge on any atom is 0.224 e. The molecular weight excluding hydrogens is 416 g/mol. The summed E-state index contributed by atoms with van der Waals surface area (Å²) in [4.78, 5) is 16.6. The third-order valence-corrected chi connectivity index (χ3v) is 4.98. The summed E-state index contributed by atoms with van der Waals surface area (Å²) in [6, 6.07) is 9.54. The number of nitrogens with zero attached hydrogens (tertiary/aromatic N) is 1. The van der Waals surface area contributed by atoms with Gasteiger partial charge in [-0.3, -0.25) is 4.79 Å². The Morgan fingerprint density at radius 3 is 2.90 bits per heavy atom. The van der Waals surface area contributed by atoms with E-state index in [2.05, 4.69) is 22.5 Å². The largest absolute Gasteiger partial charge is 0.439 e. The molecular formula is C21H28Cl2FN3O2. The normalized spacial score (nSPS) is 16.7. The molecule has 2 atom stereocenters. The Balaban J connectivity index is 0.00000210. The predicted molar refractivity (Wildman–Crippen MR) is 116 cm³/mol. The van der Waals surface area contributed by atoms with Crippen molar-refractivity contribution in [2.45, 2.75) is 32.7 Å². The molecule has 1 amide bonds. The Kier molecular flexibility index (Phi) is 10.9. The smallest absolute Gasteiger partial charge is 0.224 e. The first-order valence-corrected chi connectivity index (χ1v) is 9.46. The van der Waals surface area contributed by atoms with Crippen molar-refractivity contribution in [3.63, 3.8) is 0 Å². The molecule has 1 fully saturated rings. The van der Waals surface area contributed by atoms with Gasteiger partial charge in [0.1, 0.15) is 11.6 Å². The average molecular weight is 444 g/mol. The van der Waals surface area contributed by atoms with Crippen LogP contribution in [0, 0.1) is 17.7 Å². The Hall–Kier alpha value is -1.89. The third kappa shape index (κ3) is 7.80. The van der Waals surface area contributed by atoms with Crippen LogP contribution in [0.5, 0.6) is 11.6 Å². The van der Waals surface area contributed by atoms with Crippen LogP contribution in [-0.4, -0.2) is 24.0 Å². The summed E-state index contributed by atoms with van der Waals surface area (Å²) in [7, 11) is 0. The van der Waals surface area contributed by atoms with E-state index in [0.29, 0.717) is 36.4 Å². The van der Waals surface area contributed by atoms with Crippen molar-refractivity contribution >= 4 is 30.7 Å². The number of hydrogen-bond donors (Lipinski definition) is 2. The van der Waals surface area contributed by atoms with Gasteiger partial charge in [0.2, 0.25) is 11.8 Å². The maximum absolute atomic E-state index is 13.3. The molecule has 1 aromatic heterocycles. The van der Waals surface area contributed by atoms with Crippen LogP contribution >= 0.6 is 24.8 Å². The summed E-state index contributed by atoms with van der Waals surface area (Å²) in [5, 5.41) is 6.35. The summed E-state index contributed by atoms with van der Waals surface area (Å²) >= 11 is 0. The van der Waals surface area contributed by atoms with Gasteiger partial charge in [-0.2, -0.15) is 0 Å². The highest BCUT2D eigenvalue weighted by molar-refractivity contribution is 5.85. The van der Waals surface area contributed by atoms with E-state index in [4.69, 9.17) is 4.74 Å². The van der Waals surface area contributed by atoms with Gasteiger partial charge in [0.15, 0.2) is 0 Å². The van der Waals surface area contributed by atoms with Gasteiger partial charge in [-0.15, -0.1) is 24.8 Å². The molecule has 160 valence electrons. The second-order valence-corrected chi connectivity index (χ2v) is 7.09. The standard InChI is InChI=1S/C21H26FN3O2.2ClH/c1-15(16-5-3-9-23-13-16)11-20(26)25-14-17-6-4-10-24-21(17)27-19-8-2-7-18(22)12-19;;/h2,4,6-8,10,12,15-16,23H,3,5,9,11,13-14H2,1H3,(H,25,26);2*1H. The Bertz CT molecular complexity index is 773. The molecule has 1 aromatic carbocycles. The number of aromatic nitrogens is 1. The molecule has 1 aliphatic heterocycles. The number of ether oxygens (including phenoxy) is 1. The number of carbonyl (C=O) groups excluding carboxylic acids is 1. The average Bonchev–Trinajstić information content (AvgIpc) is 2.68. The minimum Gasteiger partial charge on any atom is -0.439 e. The number of carbonyl (C=O) groups is 1. The van der Waals surface area contributed by atoms with Gasteiger partial charge in [0.25, 0.3) is 0 Å². The van der Waals surface area contributed by atoms with E-state index in [1.165, 1.54) is 25.0 Å². The number of hydrogen-bond acceptors (Lipinski definition) is 4. The minimum absolute atomic E-state index is 0. The molecule has 1 aliphatic rings. The maximum atomic E-state index is 13.3. The lowest BCUT2D eigenvalue weighted by atomic mass is 9.85. The zero-order valence-electron chi connectivity index (χ0n) is 16.4. The number of benzene rings is 1. The lowest BCUT2D eigenvalue weighted by Crippen LogP contribution is -2.35. The second kappa shape index (κ2) is 12.6. The van der Waals surface area contributed by atoms with Crippen LogP contribution in [-0.2, 0) is 11.3 Å². The Labute approximate surface area is 183 Å². The van der Waals surface area contributed by atoms with Crippen molar-refractivity contribution in [2.24, 2.45) is 11.8 Å². The fourth-order valence-electron chi connectivity index (χ4n) is 3.38. The van der Waals surface area contributed by atoms with Gasteiger partial charge in [0, 0.05) is 30.8 Å². The molecule has 3 rings (SSSR count). The lowest BCUT2D eigenvalue weighted by molar-refractivity contribution is -0.122. The van der Waals surface area contributed by atoms with Crippen molar-refractivity contribution < 1.29 is 13.9 Å². The highest BCUT2D eigenvalue weighted by atomic mass is 35.5. The van der Waals surface area contributed by atoms with Gasteiger partial charge < -0.3 is 15.4 Å². The zero-order valence-corrected chi connectivity index (χ0v) is 18.0. The monoisotopic (exact) mass is 443 g/mol. The lowest BCUT2D eigenvalue weighted by Gasteiger charge is -2.28. The number of nitrogens with one attached hydrogen (secondary N) is 2. The molecule has 5 nitrogen and oxygen atoms in total. The number of piperidine rings is 1. The summed E-state index contributed by atoms with van der Waals surface area (Å²) < 4.78 is 19.0. The number of pyridine rings is 1. The Morgan fingerprint density at radius 2 is 2.17 bits per heavy atom. The van der Waals surface area contributed by atoms with E-state index >= 15 is 0 Å². The van der Waals surface area contributed by atoms with E-state index in [1.54, 1.807) is 24.4 Å². The van der Waals surface area contributed by atoms with Crippen LogP contribution in [0.4, 0.5) is 4.39 Å². The highest BCUT2D eigenvalue weighted by Gasteiger charge is 2.22. The van der Waals surface area contributed by atoms with Crippen LogP contribution < -0.4 is 15.4 Å². The van der Waals surface area contributed by atoms with Crippen LogP contribution in [0.1, 0.15) is 31.7 Å². The van der Waals surface area contributed by atoms with Crippen LogP contribution in [0.25, 0.3) is 0 Å². The van der Waals surface area contributed by atoms with Crippen molar-refractivity contribution in [1.29, 1.82) is 0 Å². The molecule has 0 bridgehead atoms. The van der Waals surface area contributed by atoms with E-state index in [1.807, 2.05) is 6.07 Å². The molecule has 8 heteroatoms. The fraction of sp³-hybridized carbons (Fsp3) is 0.429. The predicted octanol–water partition coefficient (Wildman–Crippen LogP) is 4.50. The molecule has 1 saturated heterocycles. The van der Waals surface area contributed by atoms with Gasteiger partial charge in [-0.05, 0) is 56.0 Å². The van der Waals surface area contributed by atoms with E-state index in [-0.39, 0.29) is 36.5 Å². The minimum atomic E-state index is -0.371. The van der Waals surface area contributed by atoms with Crippen LogP contribution in [0.3, 0.4) is 0 Å². The number of rotatable bonds is 7. The van der Waals surface area contributed by atoms with Crippen LogP contribution in [0.15, 0.2) is 42.6 Å². The van der Waals surface area contributed by atoms with E-state index in [0.717, 1.165) is 18.7 Å². The first-order valence-electron chi connectivity index (χ1n) is 9.46. The first kappa shape index (κ1) is 25.1. The highest BCUT2D eigenvalue weighted by Crippen LogP contribution is 2.24. The van der Waals surface area contributed by atoms with E-state index < -0.39 is 0 Å². The summed E-state index contributed by atoms with van der Waals surface area (Å²) in [6.45, 7) is 4.53. The SMILES string of the molecule is CC(CC(=O)NCc1cccnc1Oc1cccc(F)c1)C1CCCNC1.Cl.Cl. The first-order chi connectivity index (χ1) is 13.1. The fourth-order valence-corrected chi connectivity index (χ4v) is 3.38. The molecule has 0 aliphatic carbocycles. The summed E-state index contributed by atoms with van der Waals surface area (Å²) in [5.41, 5.74) is 0.752. The molecule has 0 spiro atoms. The molecule has 0 saturated carbocycles. The van der Waals surface area contributed by atoms with Crippen LogP contribution in [0.2, 0.25) is 0 Å². The molecule has 0 radical (unpaired) electrons. The van der Waals surface area contributed by atoms with Gasteiger partial charge in [-0.1, -0.05) is 19.1 Å². The summed E-state index contributed by atoms with van der Waals surface area (Å²) in [6.07, 6.45) is 4.47. The summed E-state index contributed by atoms with van der Waals surface area (Å²) in [5.74, 6) is 1.29. The van der Waals surface area contributed by atoms with Gasteiger partial charge in [0.05, 0.1) is 0 Å². The molecule has 2 aromatic rings. The van der Waals surface area contributed by atoms with Crippen molar-refractivity contribution in [3.05, 3.63) is 54.0 Å². The third-order valence-electron chi connectivity index (χ3n) is 4.98. The van der Waals surface area contributed by atoms with Crippen molar-refractivity contribution in [1.82, 2.24) is 15.6 Å². The zero-order chi connectivity index (χ0) is 19.1. The molecule has 29 heavy (non-hydrogen) atoms. The second-order valence-electron chi connectivity index (χ2n) is 7.09. The molecule has 2 heterocycles. The van der Waals surface area contributed by atoms with Gasteiger partial charge in [-0.25, -0.2) is 9.37 Å². The van der Waals surface area contributed by atoms with Crippen molar-refractivity contribution in [3.8, 4) is 11.6 Å². The van der Waals surface area contributed by atoms with Crippen molar-refractivity contribution in [2.75, 3.05) is 13.1 Å². The van der Waals surface area contributed by atoms with E-state index in [9.17, 15) is 9.18 Å². The molecule has 2 unspecified atom stereocenters.